The van der Waals surface area contributed by atoms with Crippen molar-refractivity contribution in [2.24, 2.45) is 5.92 Å². The number of hydrogen-bond acceptors (Lipinski definition) is 2. The number of nitrogens with zero attached hydrogens (tertiary/aromatic N) is 1. The van der Waals surface area contributed by atoms with Gasteiger partial charge in [-0.1, -0.05) is 19.9 Å². The third kappa shape index (κ3) is 2.39. The normalized spacial score (nSPS) is 27.3. The van der Waals surface area contributed by atoms with Gasteiger partial charge in [-0.05, 0) is 74.5 Å². The van der Waals surface area contributed by atoms with Crippen molar-refractivity contribution in [3.05, 3.63) is 29.3 Å². The number of rotatable bonds is 3. The summed E-state index contributed by atoms with van der Waals surface area (Å²) in [7, 11) is 4.25. The van der Waals surface area contributed by atoms with Crippen LogP contribution in [0.25, 0.3) is 0 Å². The molecule has 2 rings (SSSR count). The third-order valence-corrected chi connectivity index (χ3v) is 4.72. The Bertz CT molecular complexity index is 427. The fourth-order valence-electron chi connectivity index (χ4n) is 3.11. The highest BCUT2D eigenvalue weighted by Crippen LogP contribution is 2.44. The fraction of sp³-hybridized carbons (Fsp3) is 0.625. The molecule has 1 aliphatic carbocycles. The molecule has 0 amide bonds. The van der Waals surface area contributed by atoms with Crippen molar-refractivity contribution in [1.29, 1.82) is 0 Å². The van der Waals surface area contributed by atoms with Crippen molar-refractivity contribution in [2.75, 3.05) is 20.6 Å². The van der Waals surface area contributed by atoms with E-state index in [1.807, 2.05) is 12.1 Å². The van der Waals surface area contributed by atoms with E-state index >= 15 is 0 Å². The minimum atomic E-state index is 0.191. The highest BCUT2D eigenvalue weighted by molar-refractivity contribution is 5.42. The van der Waals surface area contributed by atoms with Gasteiger partial charge >= 0.3 is 0 Å². The molecule has 2 heteroatoms. The Kier molecular flexibility index (Phi) is 3.67. The van der Waals surface area contributed by atoms with Crippen LogP contribution in [0.4, 0.5) is 0 Å². The van der Waals surface area contributed by atoms with E-state index in [0.29, 0.717) is 11.7 Å². The van der Waals surface area contributed by atoms with Crippen molar-refractivity contribution < 1.29 is 5.11 Å². The lowest BCUT2D eigenvalue weighted by atomic mass is 9.63. The summed E-state index contributed by atoms with van der Waals surface area (Å²) >= 11 is 0. The molecule has 100 valence electrons. The second kappa shape index (κ2) is 4.93. The molecule has 1 aromatic carbocycles. The van der Waals surface area contributed by atoms with Crippen LogP contribution in [0.1, 0.15) is 37.8 Å². The maximum absolute atomic E-state index is 9.77. The summed E-state index contributed by atoms with van der Waals surface area (Å²) in [6.07, 6.45) is 3.55. The van der Waals surface area contributed by atoms with E-state index in [4.69, 9.17) is 0 Å². The molecule has 0 fully saturated rings. The maximum atomic E-state index is 9.77. The zero-order chi connectivity index (χ0) is 13.3. The van der Waals surface area contributed by atoms with Crippen LogP contribution in [0.3, 0.4) is 0 Å². The van der Waals surface area contributed by atoms with Gasteiger partial charge < -0.3 is 10.0 Å². The minimum absolute atomic E-state index is 0.191. The number of phenols is 1. The van der Waals surface area contributed by atoms with E-state index in [0.717, 1.165) is 19.4 Å². The molecule has 2 unspecified atom stereocenters. The summed E-state index contributed by atoms with van der Waals surface area (Å²) in [4.78, 5) is 2.25. The molecule has 0 saturated carbocycles. The summed E-state index contributed by atoms with van der Waals surface area (Å²) in [5.41, 5.74) is 2.98. The lowest BCUT2D eigenvalue weighted by Gasteiger charge is -2.42. The average Bonchev–Trinajstić information content (AvgIpc) is 2.32. The molecule has 0 heterocycles. The Hall–Kier alpha value is -1.02. The Morgan fingerprint density at radius 2 is 2.11 bits per heavy atom. The highest BCUT2D eigenvalue weighted by atomic mass is 16.3. The van der Waals surface area contributed by atoms with E-state index < -0.39 is 0 Å². The number of hydrogen-bond donors (Lipinski definition) is 1. The lowest BCUT2D eigenvalue weighted by molar-refractivity contribution is 0.229. The van der Waals surface area contributed by atoms with Crippen LogP contribution in [0.5, 0.6) is 5.75 Å². The van der Waals surface area contributed by atoms with Crippen LogP contribution in [-0.2, 0) is 11.8 Å². The van der Waals surface area contributed by atoms with Crippen molar-refractivity contribution in [1.82, 2.24) is 4.90 Å². The molecule has 2 nitrogen and oxygen atoms in total. The van der Waals surface area contributed by atoms with Crippen molar-refractivity contribution >= 4 is 0 Å². The average molecular weight is 247 g/mol. The van der Waals surface area contributed by atoms with Gasteiger partial charge in [0.25, 0.3) is 0 Å². The molecule has 1 N–H and O–H groups in total. The van der Waals surface area contributed by atoms with Gasteiger partial charge in [0.05, 0.1) is 0 Å². The SMILES string of the molecule is CC1CCc2ccc(O)cc2C1(C)CCN(C)C. The molecule has 2 atom stereocenters. The molecule has 0 spiro atoms. The zero-order valence-corrected chi connectivity index (χ0v) is 12.0. The van der Waals surface area contributed by atoms with Gasteiger partial charge in [0.15, 0.2) is 0 Å². The first-order chi connectivity index (χ1) is 8.43. The first-order valence-corrected chi connectivity index (χ1v) is 6.90. The van der Waals surface area contributed by atoms with Gasteiger partial charge in [0, 0.05) is 0 Å². The van der Waals surface area contributed by atoms with Gasteiger partial charge in [-0.25, -0.2) is 0 Å². The predicted octanol–water partition coefficient (Wildman–Crippen LogP) is 3.18. The van der Waals surface area contributed by atoms with E-state index in [9.17, 15) is 5.11 Å². The number of benzene rings is 1. The summed E-state index contributed by atoms with van der Waals surface area (Å²) in [6.45, 7) is 5.80. The largest absolute Gasteiger partial charge is 0.508 e. The van der Waals surface area contributed by atoms with Crippen LogP contribution in [0.15, 0.2) is 18.2 Å². The van der Waals surface area contributed by atoms with Gasteiger partial charge in [0.2, 0.25) is 0 Å². The Labute approximate surface area is 111 Å². The fourth-order valence-corrected chi connectivity index (χ4v) is 3.11. The Morgan fingerprint density at radius 1 is 1.39 bits per heavy atom. The summed E-state index contributed by atoms with van der Waals surface area (Å²) in [5, 5.41) is 9.77. The molecule has 0 saturated heterocycles. The number of phenolic OH excluding ortho intramolecular Hbond substituents is 1. The second-order valence-electron chi connectivity index (χ2n) is 6.25. The Balaban J connectivity index is 2.36. The van der Waals surface area contributed by atoms with Crippen LogP contribution in [0, 0.1) is 5.92 Å². The Morgan fingerprint density at radius 3 is 2.78 bits per heavy atom. The van der Waals surface area contributed by atoms with E-state index in [1.165, 1.54) is 17.5 Å². The lowest BCUT2D eigenvalue weighted by Crippen LogP contribution is -2.38. The van der Waals surface area contributed by atoms with E-state index in [-0.39, 0.29) is 5.41 Å². The highest BCUT2D eigenvalue weighted by Gasteiger charge is 2.37. The molecule has 0 aliphatic heterocycles. The summed E-state index contributed by atoms with van der Waals surface area (Å²) in [6, 6.07) is 5.91. The standard InChI is InChI=1S/C16H25NO/c1-12-5-6-13-7-8-14(18)11-15(13)16(12,2)9-10-17(3)4/h7-8,11-12,18H,5-6,9-10H2,1-4H3. The first kappa shape index (κ1) is 13.4. The number of aryl methyl sites for hydroxylation is 1. The van der Waals surface area contributed by atoms with Gasteiger partial charge in [-0.3, -0.25) is 0 Å². The van der Waals surface area contributed by atoms with Crippen LogP contribution in [-0.4, -0.2) is 30.6 Å². The predicted molar refractivity (Wildman–Crippen MR) is 76.1 cm³/mol. The van der Waals surface area contributed by atoms with Crippen molar-refractivity contribution in [2.45, 2.75) is 38.5 Å². The molecule has 18 heavy (non-hydrogen) atoms. The minimum Gasteiger partial charge on any atom is -0.508 e. The molecule has 0 aromatic heterocycles. The smallest absolute Gasteiger partial charge is 0.115 e. The van der Waals surface area contributed by atoms with Crippen LogP contribution < -0.4 is 0 Å². The second-order valence-corrected chi connectivity index (χ2v) is 6.25. The zero-order valence-electron chi connectivity index (χ0n) is 12.0. The van der Waals surface area contributed by atoms with Crippen LogP contribution >= 0.6 is 0 Å². The van der Waals surface area contributed by atoms with Crippen molar-refractivity contribution in [3.8, 4) is 5.75 Å². The van der Waals surface area contributed by atoms with Crippen molar-refractivity contribution in [3.63, 3.8) is 0 Å². The molecule has 0 bridgehead atoms. The first-order valence-electron chi connectivity index (χ1n) is 6.90. The van der Waals surface area contributed by atoms with Gasteiger partial charge in [-0.15, -0.1) is 0 Å². The van der Waals surface area contributed by atoms with E-state index in [2.05, 4.69) is 38.9 Å². The molecule has 0 radical (unpaired) electrons. The molecular formula is C16H25NO. The van der Waals surface area contributed by atoms with Crippen LogP contribution in [0.2, 0.25) is 0 Å². The topological polar surface area (TPSA) is 23.5 Å². The quantitative estimate of drug-likeness (QED) is 0.886. The molecule has 1 aliphatic rings. The summed E-state index contributed by atoms with van der Waals surface area (Å²) in [5.74, 6) is 1.07. The molecular weight excluding hydrogens is 222 g/mol. The maximum Gasteiger partial charge on any atom is 0.115 e. The third-order valence-electron chi connectivity index (χ3n) is 4.72. The summed E-state index contributed by atoms with van der Waals surface area (Å²) < 4.78 is 0. The number of aromatic hydroxyl groups is 1. The monoisotopic (exact) mass is 247 g/mol. The number of fused-ring (bicyclic) bond motifs is 1. The molecule has 1 aromatic rings. The van der Waals surface area contributed by atoms with E-state index in [1.54, 1.807) is 0 Å². The van der Waals surface area contributed by atoms with Gasteiger partial charge in [-0.2, -0.15) is 0 Å². The van der Waals surface area contributed by atoms with Gasteiger partial charge in [0.1, 0.15) is 5.75 Å².